The van der Waals surface area contributed by atoms with E-state index in [0.29, 0.717) is 17.7 Å². The lowest BCUT2D eigenvalue weighted by molar-refractivity contribution is -0.385. The van der Waals surface area contributed by atoms with Gasteiger partial charge in [-0.3, -0.25) is 14.9 Å². The quantitative estimate of drug-likeness (QED) is 0.473. The predicted molar refractivity (Wildman–Crippen MR) is 71.9 cm³/mol. The number of aldehydes is 1. The van der Waals surface area contributed by atoms with E-state index < -0.39 is 4.92 Å². The molecule has 21 heavy (non-hydrogen) atoms. The summed E-state index contributed by atoms with van der Waals surface area (Å²) >= 11 is 0. The molecule has 0 saturated heterocycles. The molecule has 0 spiro atoms. The average molecular weight is 288 g/mol. The smallest absolute Gasteiger partial charge is 0.313 e. The summed E-state index contributed by atoms with van der Waals surface area (Å²) in [5.74, 6) is 0.411. The van der Waals surface area contributed by atoms with Crippen LogP contribution in [0, 0.1) is 10.1 Å². The molecule has 1 fully saturated rings. The monoisotopic (exact) mass is 288 g/mol. The zero-order chi connectivity index (χ0) is 15.0. The highest BCUT2D eigenvalue weighted by atomic mass is 16.6. The van der Waals surface area contributed by atoms with E-state index in [0.717, 1.165) is 12.8 Å². The molecular formula is C13H12N4O4. The number of carbonyl (C=O) groups excluding carboxylic acids is 1. The number of hydrogen-bond acceptors (Lipinski definition) is 6. The molecule has 1 saturated carbocycles. The van der Waals surface area contributed by atoms with Crippen molar-refractivity contribution in [3.63, 3.8) is 0 Å². The van der Waals surface area contributed by atoms with Crippen LogP contribution in [-0.4, -0.2) is 33.3 Å². The number of aromatic nitrogens is 3. The maximum Gasteiger partial charge on any atom is 0.313 e. The minimum Gasteiger partial charge on any atom is -0.490 e. The van der Waals surface area contributed by atoms with Crippen molar-refractivity contribution >= 4 is 12.0 Å². The van der Waals surface area contributed by atoms with E-state index in [1.165, 1.54) is 23.9 Å². The third-order valence-electron chi connectivity index (χ3n) is 3.41. The summed E-state index contributed by atoms with van der Waals surface area (Å²) in [5.41, 5.74) is 1.34. The fourth-order valence-electron chi connectivity index (χ4n) is 2.27. The standard InChI is InChI=1S/C13H12N4O4/c1-21-12-5-4-9(6-11(12)17(19)20)16-13(8-2-3-8)10(7-18)14-15-16/h4-8H,2-3H2,1H3. The zero-order valence-electron chi connectivity index (χ0n) is 11.2. The van der Waals surface area contributed by atoms with Gasteiger partial charge in [0.25, 0.3) is 0 Å². The lowest BCUT2D eigenvalue weighted by Gasteiger charge is -2.07. The van der Waals surface area contributed by atoms with E-state index in [2.05, 4.69) is 10.3 Å². The first kappa shape index (κ1) is 13.2. The van der Waals surface area contributed by atoms with Gasteiger partial charge in [-0.1, -0.05) is 5.21 Å². The molecule has 0 aliphatic heterocycles. The van der Waals surface area contributed by atoms with Crippen LogP contribution in [0.15, 0.2) is 18.2 Å². The van der Waals surface area contributed by atoms with Crippen molar-refractivity contribution in [3.8, 4) is 11.4 Å². The summed E-state index contributed by atoms with van der Waals surface area (Å²) in [6, 6.07) is 4.53. The highest BCUT2D eigenvalue weighted by Gasteiger charge is 2.32. The Labute approximate surface area is 119 Å². The second-order valence-corrected chi connectivity index (χ2v) is 4.78. The minimum absolute atomic E-state index is 0.153. The minimum atomic E-state index is -0.517. The van der Waals surface area contributed by atoms with Gasteiger partial charge in [-0.25, -0.2) is 4.68 Å². The first-order valence-corrected chi connectivity index (χ1v) is 6.39. The van der Waals surface area contributed by atoms with Gasteiger partial charge in [0.05, 0.1) is 23.4 Å². The summed E-state index contributed by atoms with van der Waals surface area (Å²) in [4.78, 5) is 21.6. The molecule has 8 nitrogen and oxygen atoms in total. The summed E-state index contributed by atoms with van der Waals surface area (Å²) in [7, 11) is 1.37. The van der Waals surface area contributed by atoms with Crippen molar-refractivity contribution in [2.24, 2.45) is 0 Å². The van der Waals surface area contributed by atoms with Gasteiger partial charge in [-0.05, 0) is 25.0 Å². The fraction of sp³-hybridized carbons (Fsp3) is 0.308. The lowest BCUT2D eigenvalue weighted by Crippen LogP contribution is -2.04. The normalized spacial score (nSPS) is 14.0. The van der Waals surface area contributed by atoms with Crippen molar-refractivity contribution < 1.29 is 14.5 Å². The van der Waals surface area contributed by atoms with E-state index in [9.17, 15) is 14.9 Å². The Morgan fingerprint density at radius 3 is 2.81 bits per heavy atom. The summed E-state index contributed by atoms with van der Waals surface area (Å²) in [6.07, 6.45) is 2.59. The molecular weight excluding hydrogens is 276 g/mol. The molecule has 2 aromatic rings. The third-order valence-corrected chi connectivity index (χ3v) is 3.41. The predicted octanol–water partition coefficient (Wildman–Crippen LogP) is 1.87. The summed E-state index contributed by atoms with van der Waals surface area (Å²) in [5, 5.41) is 18.9. The van der Waals surface area contributed by atoms with Crippen molar-refractivity contribution in [2.45, 2.75) is 18.8 Å². The van der Waals surface area contributed by atoms with Crippen LogP contribution in [-0.2, 0) is 0 Å². The Morgan fingerprint density at radius 2 is 2.24 bits per heavy atom. The van der Waals surface area contributed by atoms with Crippen LogP contribution in [0.25, 0.3) is 5.69 Å². The van der Waals surface area contributed by atoms with Crippen LogP contribution in [0.2, 0.25) is 0 Å². The summed E-state index contributed by atoms with van der Waals surface area (Å²) in [6.45, 7) is 0. The number of rotatable bonds is 5. The SMILES string of the molecule is COc1ccc(-n2nnc(C=O)c2C2CC2)cc1[N+](=O)[O-]. The number of carbonyl (C=O) groups is 1. The zero-order valence-corrected chi connectivity index (χ0v) is 11.2. The molecule has 0 unspecified atom stereocenters. The number of ether oxygens (including phenoxy) is 1. The van der Waals surface area contributed by atoms with Crippen LogP contribution in [0.5, 0.6) is 5.75 Å². The van der Waals surface area contributed by atoms with Crippen LogP contribution < -0.4 is 4.74 Å². The highest BCUT2D eigenvalue weighted by Crippen LogP contribution is 2.42. The average Bonchev–Trinajstić information content (AvgIpc) is 3.25. The van der Waals surface area contributed by atoms with E-state index in [-0.39, 0.29) is 23.0 Å². The Morgan fingerprint density at radius 1 is 1.48 bits per heavy atom. The number of methoxy groups -OCH3 is 1. The molecule has 1 heterocycles. The molecule has 0 atom stereocenters. The first-order chi connectivity index (χ1) is 10.2. The summed E-state index contributed by atoms with van der Waals surface area (Å²) < 4.78 is 6.46. The van der Waals surface area contributed by atoms with Gasteiger partial charge in [0.1, 0.15) is 5.69 Å². The van der Waals surface area contributed by atoms with Gasteiger partial charge in [0.2, 0.25) is 0 Å². The molecule has 3 rings (SSSR count). The molecule has 8 heteroatoms. The molecule has 0 bridgehead atoms. The molecule has 108 valence electrons. The maximum atomic E-state index is 11.1. The Kier molecular flexibility index (Phi) is 3.13. The lowest BCUT2D eigenvalue weighted by atomic mass is 10.2. The third kappa shape index (κ3) is 2.24. The number of benzene rings is 1. The molecule has 0 radical (unpaired) electrons. The van der Waals surface area contributed by atoms with Gasteiger partial charge in [0.15, 0.2) is 12.0 Å². The van der Waals surface area contributed by atoms with Crippen LogP contribution in [0.3, 0.4) is 0 Å². The first-order valence-electron chi connectivity index (χ1n) is 6.39. The van der Waals surface area contributed by atoms with Crippen molar-refractivity contribution in [1.82, 2.24) is 15.0 Å². The van der Waals surface area contributed by atoms with Crippen LogP contribution in [0.4, 0.5) is 5.69 Å². The van der Waals surface area contributed by atoms with Gasteiger partial charge in [0, 0.05) is 12.0 Å². The van der Waals surface area contributed by atoms with Crippen molar-refractivity contribution in [1.29, 1.82) is 0 Å². The van der Waals surface area contributed by atoms with Crippen molar-refractivity contribution in [3.05, 3.63) is 39.7 Å². The number of nitrogens with zero attached hydrogens (tertiary/aromatic N) is 4. The van der Waals surface area contributed by atoms with Crippen LogP contribution in [0.1, 0.15) is 34.9 Å². The Hall–Kier alpha value is -2.77. The number of nitro benzene ring substituents is 1. The van der Waals surface area contributed by atoms with Crippen molar-refractivity contribution in [2.75, 3.05) is 7.11 Å². The van der Waals surface area contributed by atoms with E-state index in [1.807, 2.05) is 0 Å². The highest BCUT2D eigenvalue weighted by molar-refractivity contribution is 5.74. The van der Waals surface area contributed by atoms with Gasteiger partial charge in [-0.2, -0.15) is 0 Å². The van der Waals surface area contributed by atoms with E-state index >= 15 is 0 Å². The molecule has 0 N–H and O–H groups in total. The molecule has 1 aliphatic rings. The topological polar surface area (TPSA) is 100 Å². The maximum absolute atomic E-state index is 11.1. The molecule has 1 aromatic carbocycles. The Balaban J connectivity index is 2.13. The number of hydrogen-bond donors (Lipinski definition) is 0. The second kappa shape index (κ2) is 4.97. The largest absolute Gasteiger partial charge is 0.490 e. The van der Waals surface area contributed by atoms with Gasteiger partial charge < -0.3 is 4.74 Å². The molecule has 0 amide bonds. The van der Waals surface area contributed by atoms with Gasteiger partial charge in [-0.15, -0.1) is 5.10 Å². The second-order valence-electron chi connectivity index (χ2n) is 4.78. The molecule has 1 aliphatic carbocycles. The Bertz CT molecular complexity index is 721. The van der Waals surface area contributed by atoms with E-state index in [4.69, 9.17) is 4.74 Å². The van der Waals surface area contributed by atoms with E-state index in [1.54, 1.807) is 6.07 Å². The fourth-order valence-corrected chi connectivity index (χ4v) is 2.27. The number of nitro groups is 1. The van der Waals surface area contributed by atoms with Crippen LogP contribution >= 0.6 is 0 Å². The molecule has 1 aromatic heterocycles. The van der Waals surface area contributed by atoms with Gasteiger partial charge >= 0.3 is 5.69 Å².